The molecule has 0 spiro atoms. The number of hydrogen-bond acceptors (Lipinski definition) is 6. The summed E-state index contributed by atoms with van der Waals surface area (Å²) in [6.07, 6.45) is 0. The van der Waals surface area contributed by atoms with Gasteiger partial charge in [0.15, 0.2) is 0 Å². The number of rotatable bonds is 5. The smallest absolute Gasteiger partial charge is 0.402 e. The van der Waals surface area contributed by atoms with Crippen LogP contribution in [0.2, 0.25) is 0 Å². The molecule has 0 aliphatic heterocycles. The van der Waals surface area contributed by atoms with Crippen molar-refractivity contribution in [1.82, 2.24) is 0 Å². The number of hydrogen-bond donors (Lipinski definition) is 5. The molecule has 6 nitrogen and oxygen atoms in total. The normalized spacial score (nSPS) is 9.24. The first-order valence-electron chi connectivity index (χ1n) is 5.17. The van der Waals surface area contributed by atoms with Crippen LogP contribution in [0.4, 0.5) is 5.69 Å². The van der Waals surface area contributed by atoms with Crippen molar-refractivity contribution in [1.29, 1.82) is 0 Å². The largest absolute Gasteiger partial charge is 0.631 e. The molecular formula is C10H18BNO5. The zero-order valence-electron chi connectivity index (χ0n) is 9.48. The van der Waals surface area contributed by atoms with Crippen LogP contribution in [-0.4, -0.2) is 58.9 Å². The van der Waals surface area contributed by atoms with Crippen molar-refractivity contribution in [2.75, 3.05) is 31.2 Å². The quantitative estimate of drug-likeness (QED) is 0.400. The van der Waals surface area contributed by atoms with Gasteiger partial charge in [-0.2, -0.15) is 0 Å². The topological polar surface area (TPSA) is 104 Å². The van der Waals surface area contributed by atoms with Crippen molar-refractivity contribution in [3.8, 4) is 0 Å². The highest BCUT2D eigenvalue weighted by Gasteiger charge is 2.02. The van der Waals surface area contributed by atoms with E-state index in [0.29, 0.717) is 13.1 Å². The van der Waals surface area contributed by atoms with E-state index < -0.39 is 7.32 Å². The summed E-state index contributed by atoms with van der Waals surface area (Å²) in [5.74, 6) is 0. The van der Waals surface area contributed by atoms with Crippen LogP contribution in [-0.2, 0) is 0 Å². The lowest BCUT2D eigenvalue weighted by Crippen LogP contribution is -2.29. The highest BCUT2D eigenvalue weighted by molar-refractivity contribution is 6.30. The van der Waals surface area contributed by atoms with Crippen LogP contribution in [0.3, 0.4) is 0 Å². The fourth-order valence-corrected chi connectivity index (χ4v) is 1.25. The zero-order chi connectivity index (χ0) is 13.1. The average molecular weight is 243 g/mol. The molecular weight excluding hydrogens is 225 g/mol. The third kappa shape index (κ3) is 8.67. The molecule has 0 saturated carbocycles. The number of aliphatic hydroxyl groups excluding tert-OH is 2. The number of para-hydroxylation sites is 1. The molecule has 0 aliphatic carbocycles. The monoisotopic (exact) mass is 243 g/mol. The fourth-order valence-electron chi connectivity index (χ4n) is 1.25. The second-order valence-corrected chi connectivity index (χ2v) is 3.12. The Morgan fingerprint density at radius 3 is 1.65 bits per heavy atom. The van der Waals surface area contributed by atoms with E-state index in [-0.39, 0.29) is 13.2 Å². The highest BCUT2D eigenvalue weighted by atomic mass is 16.5. The minimum Gasteiger partial charge on any atom is -0.402 e. The van der Waals surface area contributed by atoms with Crippen molar-refractivity contribution in [2.24, 2.45) is 0 Å². The van der Waals surface area contributed by atoms with Gasteiger partial charge in [-0.15, -0.1) is 0 Å². The molecule has 0 bridgehead atoms. The van der Waals surface area contributed by atoms with Gasteiger partial charge in [0.25, 0.3) is 0 Å². The summed E-state index contributed by atoms with van der Waals surface area (Å²) in [6.45, 7) is 1.33. The number of benzene rings is 1. The van der Waals surface area contributed by atoms with Crippen LogP contribution in [0.25, 0.3) is 0 Å². The minimum atomic E-state index is -2.17. The van der Waals surface area contributed by atoms with Crippen LogP contribution >= 0.6 is 0 Å². The van der Waals surface area contributed by atoms with Gasteiger partial charge in [-0.1, -0.05) is 18.2 Å². The Morgan fingerprint density at radius 2 is 1.29 bits per heavy atom. The number of aliphatic hydroxyl groups is 2. The van der Waals surface area contributed by atoms with E-state index in [9.17, 15) is 0 Å². The Morgan fingerprint density at radius 1 is 0.882 bits per heavy atom. The molecule has 0 aliphatic rings. The third-order valence-corrected chi connectivity index (χ3v) is 1.86. The first kappa shape index (κ1) is 15.9. The highest BCUT2D eigenvalue weighted by Crippen LogP contribution is 2.11. The third-order valence-electron chi connectivity index (χ3n) is 1.86. The Balaban J connectivity index is 0.000000557. The Kier molecular flexibility index (Phi) is 9.41. The first-order chi connectivity index (χ1) is 8.11. The maximum absolute atomic E-state index is 8.80. The van der Waals surface area contributed by atoms with E-state index in [2.05, 4.69) is 0 Å². The molecule has 0 unspecified atom stereocenters. The minimum absolute atomic E-state index is 0.106. The molecule has 0 fully saturated rings. The Labute approximate surface area is 101 Å². The van der Waals surface area contributed by atoms with Crippen LogP contribution in [0.15, 0.2) is 30.3 Å². The van der Waals surface area contributed by atoms with E-state index in [4.69, 9.17) is 25.3 Å². The second kappa shape index (κ2) is 10.1. The molecule has 0 saturated heterocycles. The molecule has 0 radical (unpaired) electrons. The molecule has 17 heavy (non-hydrogen) atoms. The lowest BCUT2D eigenvalue weighted by atomic mass is 10.3. The summed E-state index contributed by atoms with van der Waals surface area (Å²) in [5, 5.41) is 39.1. The fraction of sp³-hybridized carbons (Fsp3) is 0.400. The van der Waals surface area contributed by atoms with E-state index in [1.807, 2.05) is 35.2 Å². The summed E-state index contributed by atoms with van der Waals surface area (Å²) in [4.78, 5) is 1.94. The van der Waals surface area contributed by atoms with Crippen molar-refractivity contribution >= 4 is 13.0 Å². The second-order valence-electron chi connectivity index (χ2n) is 3.12. The number of nitrogens with zero attached hydrogens (tertiary/aromatic N) is 1. The van der Waals surface area contributed by atoms with Gasteiger partial charge in [0.2, 0.25) is 0 Å². The van der Waals surface area contributed by atoms with E-state index >= 15 is 0 Å². The maximum Gasteiger partial charge on any atom is 0.631 e. The molecule has 96 valence electrons. The van der Waals surface area contributed by atoms with Gasteiger partial charge in [-0.3, -0.25) is 0 Å². The van der Waals surface area contributed by atoms with Gasteiger partial charge in [0.1, 0.15) is 0 Å². The van der Waals surface area contributed by atoms with Gasteiger partial charge in [0, 0.05) is 18.8 Å². The predicted octanol–water partition coefficient (Wildman–Crippen LogP) is -1.57. The van der Waals surface area contributed by atoms with Gasteiger partial charge >= 0.3 is 7.32 Å². The molecule has 1 rings (SSSR count). The summed E-state index contributed by atoms with van der Waals surface area (Å²) < 4.78 is 0. The number of anilines is 1. The van der Waals surface area contributed by atoms with Crippen molar-refractivity contribution in [3.63, 3.8) is 0 Å². The van der Waals surface area contributed by atoms with Gasteiger partial charge in [0.05, 0.1) is 13.2 Å². The van der Waals surface area contributed by atoms with Crippen LogP contribution in [0.1, 0.15) is 0 Å². The summed E-state index contributed by atoms with van der Waals surface area (Å²) in [7, 11) is -2.17. The van der Waals surface area contributed by atoms with E-state index in [1.165, 1.54) is 0 Å². The SMILES string of the molecule is OB(O)O.OCCN(CCO)c1ccccc1. The molecule has 0 aromatic heterocycles. The van der Waals surface area contributed by atoms with Crippen LogP contribution < -0.4 is 4.90 Å². The zero-order valence-corrected chi connectivity index (χ0v) is 9.48. The average Bonchev–Trinajstić information content (AvgIpc) is 2.29. The molecule has 0 amide bonds. The van der Waals surface area contributed by atoms with E-state index in [0.717, 1.165) is 5.69 Å². The van der Waals surface area contributed by atoms with Crippen LogP contribution in [0, 0.1) is 0 Å². The lowest BCUT2D eigenvalue weighted by Gasteiger charge is -2.22. The molecule has 0 atom stereocenters. The van der Waals surface area contributed by atoms with Gasteiger partial charge < -0.3 is 30.2 Å². The van der Waals surface area contributed by atoms with Crippen molar-refractivity contribution in [2.45, 2.75) is 0 Å². The van der Waals surface area contributed by atoms with Crippen molar-refractivity contribution in [3.05, 3.63) is 30.3 Å². The van der Waals surface area contributed by atoms with E-state index in [1.54, 1.807) is 0 Å². The Bertz CT molecular complexity index is 264. The lowest BCUT2D eigenvalue weighted by molar-refractivity contribution is 0.278. The Hall–Kier alpha value is -1.12. The molecule has 7 heteroatoms. The summed E-state index contributed by atoms with van der Waals surface area (Å²) in [6, 6.07) is 9.75. The summed E-state index contributed by atoms with van der Waals surface area (Å²) >= 11 is 0. The molecule has 0 heterocycles. The molecule has 5 N–H and O–H groups in total. The maximum atomic E-state index is 8.80. The summed E-state index contributed by atoms with van der Waals surface area (Å²) in [5.41, 5.74) is 1.03. The predicted molar refractivity (Wildman–Crippen MR) is 65.2 cm³/mol. The molecule has 1 aromatic carbocycles. The van der Waals surface area contributed by atoms with Crippen LogP contribution in [0.5, 0.6) is 0 Å². The first-order valence-corrected chi connectivity index (χ1v) is 5.17. The van der Waals surface area contributed by atoms with Gasteiger partial charge in [-0.05, 0) is 12.1 Å². The standard InChI is InChI=1S/C10H15NO2.BH3O3/c12-8-6-11(7-9-13)10-4-2-1-3-5-10;2-1(3)4/h1-5,12-13H,6-9H2;2-4H. The molecule has 1 aromatic rings. The van der Waals surface area contributed by atoms with Crippen molar-refractivity contribution < 1.29 is 25.3 Å². The van der Waals surface area contributed by atoms with Gasteiger partial charge in [-0.25, -0.2) is 0 Å².